The average molecular weight is 304 g/mol. The molecule has 1 aromatic rings. The molecule has 1 heterocycles. The molecule has 0 aromatic heterocycles. The largest absolute Gasteiger partial charge is 0.380 e. The SMILES string of the molecule is CC1CC(Nc2ccc(Br)cc2Cl)CN1C. The van der Waals surface area contributed by atoms with Gasteiger partial charge in [0.15, 0.2) is 0 Å². The molecular weight excluding hydrogens is 288 g/mol. The van der Waals surface area contributed by atoms with E-state index in [9.17, 15) is 0 Å². The second kappa shape index (κ2) is 4.94. The van der Waals surface area contributed by atoms with Crippen molar-refractivity contribution in [3.8, 4) is 0 Å². The maximum Gasteiger partial charge on any atom is 0.0648 e. The monoisotopic (exact) mass is 302 g/mol. The van der Waals surface area contributed by atoms with Crippen molar-refractivity contribution in [2.24, 2.45) is 0 Å². The predicted molar refractivity (Wildman–Crippen MR) is 73.3 cm³/mol. The second-order valence-electron chi connectivity index (χ2n) is 4.49. The van der Waals surface area contributed by atoms with Gasteiger partial charge in [-0.1, -0.05) is 27.5 Å². The molecule has 2 rings (SSSR count). The molecule has 2 atom stereocenters. The Morgan fingerprint density at radius 1 is 1.50 bits per heavy atom. The van der Waals surface area contributed by atoms with Gasteiger partial charge < -0.3 is 10.2 Å². The number of likely N-dealkylation sites (N-methyl/N-ethyl adjacent to an activating group) is 1. The molecule has 1 fully saturated rings. The van der Waals surface area contributed by atoms with E-state index >= 15 is 0 Å². The highest BCUT2D eigenvalue weighted by Gasteiger charge is 2.26. The summed E-state index contributed by atoms with van der Waals surface area (Å²) in [7, 11) is 2.16. The molecule has 0 spiro atoms. The fourth-order valence-corrected chi connectivity index (χ4v) is 2.85. The number of hydrogen-bond acceptors (Lipinski definition) is 2. The fraction of sp³-hybridized carbons (Fsp3) is 0.500. The molecule has 2 nitrogen and oxygen atoms in total. The highest BCUT2D eigenvalue weighted by molar-refractivity contribution is 9.10. The van der Waals surface area contributed by atoms with E-state index in [1.54, 1.807) is 0 Å². The fourth-order valence-electron chi connectivity index (χ4n) is 2.12. The molecule has 1 saturated heterocycles. The zero-order chi connectivity index (χ0) is 11.7. The molecule has 0 bridgehead atoms. The smallest absolute Gasteiger partial charge is 0.0648 e. The van der Waals surface area contributed by atoms with Gasteiger partial charge in [-0.2, -0.15) is 0 Å². The molecule has 0 radical (unpaired) electrons. The normalized spacial score (nSPS) is 26.0. The van der Waals surface area contributed by atoms with Gasteiger partial charge in [0.2, 0.25) is 0 Å². The highest BCUT2D eigenvalue weighted by Crippen LogP contribution is 2.28. The van der Waals surface area contributed by atoms with Crippen LogP contribution < -0.4 is 5.32 Å². The first-order valence-corrected chi connectivity index (χ1v) is 6.65. The van der Waals surface area contributed by atoms with Crippen LogP contribution in [-0.2, 0) is 0 Å². The maximum absolute atomic E-state index is 6.17. The minimum Gasteiger partial charge on any atom is -0.380 e. The van der Waals surface area contributed by atoms with Gasteiger partial charge in [0.05, 0.1) is 10.7 Å². The third-order valence-corrected chi connectivity index (χ3v) is 3.98. The number of nitrogens with zero attached hydrogens (tertiary/aromatic N) is 1. The summed E-state index contributed by atoms with van der Waals surface area (Å²) in [5.74, 6) is 0. The summed E-state index contributed by atoms with van der Waals surface area (Å²) in [4.78, 5) is 2.37. The Morgan fingerprint density at radius 2 is 2.25 bits per heavy atom. The van der Waals surface area contributed by atoms with Crippen LogP contribution in [0.2, 0.25) is 5.02 Å². The molecule has 1 aliphatic rings. The second-order valence-corrected chi connectivity index (χ2v) is 5.81. The van der Waals surface area contributed by atoms with E-state index in [2.05, 4.69) is 40.1 Å². The van der Waals surface area contributed by atoms with Crippen LogP contribution >= 0.6 is 27.5 Å². The van der Waals surface area contributed by atoms with Gasteiger partial charge in [-0.05, 0) is 38.6 Å². The Balaban J connectivity index is 2.05. The molecule has 1 aromatic carbocycles. The van der Waals surface area contributed by atoms with E-state index in [0.717, 1.165) is 21.7 Å². The number of rotatable bonds is 2. The Bertz CT molecular complexity index is 373. The maximum atomic E-state index is 6.17. The molecule has 0 amide bonds. The standard InChI is InChI=1S/C12H16BrClN2/c1-8-5-10(7-16(8)2)15-12-4-3-9(13)6-11(12)14/h3-4,6,8,10,15H,5,7H2,1-2H3. The van der Waals surface area contributed by atoms with Crippen molar-refractivity contribution < 1.29 is 0 Å². The van der Waals surface area contributed by atoms with Crippen LogP contribution in [0.1, 0.15) is 13.3 Å². The van der Waals surface area contributed by atoms with Crippen LogP contribution in [0.4, 0.5) is 5.69 Å². The number of nitrogens with one attached hydrogen (secondary N) is 1. The summed E-state index contributed by atoms with van der Waals surface area (Å²) in [6, 6.07) is 7.10. The number of halogens is 2. The van der Waals surface area contributed by atoms with Gasteiger partial charge in [0, 0.05) is 23.1 Å². The highest BCUT2D eigenvalue weighted by atomic mass is 79.9. The van der Waals surface area contributed by atoms with Gasteiger partial charge >= 0.3 is 0 Å². The molecule has 2 unspecified atom stereocenters. The lowest BCUT2D eigenvalue weighted by atomic mass is 10.2. The van der Waals surface area contributed by atoms with E-state index < -0.39 is 0 Å². The van der Waals surface area contributed by atoms with Gasteiger partial charge in [-0.3, -0.25) is 0 Å². The van der Waals surface area contributed by atoms with Crippen LogP contribution in [0.15, 0.2) is 22.7 Å². The molecular formula is C12H16BrClN2. The number of anilines is 1. The minimum atomic E-state index is 0.499. The third kappa shape index (κ3) is 2.70. The van der Waals surface area contributed by atoms with E-state index in [4.69, 9.17) is 11.6 Å². The first kappa shape index (κ1) is 12.2. The molecule has 88 valence electrons. The van der Waals surface area contributed by atoms with Crippen LogP contribution in [0.25, 0.3) is 0 Å². The third-order valence-electron chi connectivity index (χ3n) is 3.18. The zero-order valence-electron chi connectivity index (χ0n) is 9.50. The summed E-state index contributed by atoms with van der Waals surface area (Å²) in [5.41, 5.74) is 1.03. The van der Waals surface area contributed by atoms with Crippen molar-refractivity contribution in [2.75, 3.05) is 18.9 Å². The molecule has 1 aliphatic heterocycles. The summed E-state index contributed by atoms with van der Waals surface area (Å²) < 4.78 is 1.01. The molecule has 1 N–H and O–H groups in total. The van der Waals surface area contributed by atoms with E-state index in [0.29, 0.717) is 12.1 Å². The van der Waals surface area contributed by atoms with E-state index in [1.807, 2.05) is 18.2 Å². The zero-order valence-corrected chi connectivity index (χ0v) is 11.8. The summed E-state index contributed by atoms with van der Waals surface area (Å²) in [6.07, 6.45) is 1.17. The lowest BCUT2D eigenvalue weighted by Gasteiger charge is -2.15. The van der Waals surface area contributed by atoms with E-state index in [-0.39, 0.29) is 0 Å². The van der Waals surface area contributed by atoms with Crippen LogP contribution in [-0.4, -0.2) is 30.6 Å². The Hall–Kier alpha value is -0.250. The van der Waals surface area contributed by atoms with Crippen LogP contribution in [0.3, 0.4) is 0 Å². The summed E-state index contributed by atoms with van der Waals surface area (Å²) >= 11 is 9.58. The molecule has 0 aliphatic carbocycles. The average Bonchev–Trinajstić information content (AvgIpc) is 2.51. The van der Waals surface area contributed by atoms with Crippen molar-refractivity contribution in [2.45, 2.75) is 25.4 Å². The van der Waals surface area contributed by atoms with Gasteiger partial charge in [0.1, 0.15) is 0 Å². The first-order chi connectivity index (χ1) is 7.56. The Morgan fingerprint density at radius 3 is 2.81 bits per heavy atom. The lowest BCUT2D eigenvalue weighted by molar-refractivity contribution is 0.330. The minimum absolute atomic E-state index is 0.499. The van der Waals surface area contributed by atoms with Crippen LogP contribution in [0, 0.1) is 0 Å². The predicted octanol–water partition coefficient (Wildman–Crippen LogP) is 3.61. The molecule has 0 saturated carbocycles. The quantitative estimate of drug-likeness (QED) is 0.898. The van der Waals surface area contributed by atoms with Crippen molar-refractivity contribution >= 4 is 33.2 Å². The first-order valence-electron chi connectivity index (χ1n) is 5.48. The van der Waals surface area contributed by atoms with Crippen molar-refractivity contribution in [1.82, 2.24) is 4.90 Å². The van der Waals surface area contributed by atoms with Gasteiger partial charge in [0.25, 0.3) is 0 Å². The Kier molecular flexibility index (Phi) is 3.77. The summed E-state index contributed by atoms with van der Waals surface area (Å²) in [6.45, 7) is 3.33. The van der Waals surface area contributed by atoms with Gasteiger partial charge in [-0.25, -0.2) is 0 Å². The number of likely N-dealkylation sites (tertiary alicyclic amines) is 1. The molecule has 16 heavy (non-hydrogen) atoms. The summed E-state index contributed by atoms with van der Waals surface area (Å²) in [5, 5.41) is 4.28. The Labute approximate surface area is 110 Å². The lowest BCUT2D eigenvalue weighted by Crippen LogP contribution is -2.24. The number of benzene rings is 1. The van der Waals surface area contributed by atoms with Crippen molar-refractivity contribution in [1.29, 1.82) is 0 Å². The van der Waals surface area contributed by atoms with Crippen molar-refractivity contribution in [3.05, 3.63) is 27.7 Å². The van der Waals surface area contributed by atoms with E-state index in [1.165, 1.54) is 6.42 Å². The topological polar surface area (TPSA) is 15.3 Å². The molecule has 4 heteroatoms. The van der Waals surface area contributed by atoms with Crippen LogP contribution in [0.5, 0.6) is 0 Å². The van der Waals surface area contributed by atoms with Gasteiger partial charge in [-0.15, -0.1) is 0 Å². The number of hydrogen-bond donors (Lipinski definition) is 1. The van der Waals surface area contributed by atoms with Crippen molar-refractivity contribution in [3.63, 3.8) is 0 Å².